The smallest absolute Gasteiger partial charge is 0.0782 e. The lowest BCUT2D eigenvalue weighted by Crippen LogP contribution is -2.12. The number of anilines is 3. The Kier molecular flexibility index (Phi) is 9.63. The van der Waals surface area contributed by atoms with Gasteiger partial charge in [0.05, 0.1) is 21.9 Å². The van der Waals surface area contributed by atoms with E-state index in [-0.39, 0.29) is 0 Å². The van der Waals surface area contributed by atoms with Gasteiger partial charge in [0.25, 0.3) is 0 Å². The van der Waals surface area contributed by atoms with Gasteiger partial charge < -0.3 is 14.0 Å². The minimum Gasteiger partial charge on any atom is -0.315 e. The second-order valence-corrected chi connectivity index (χ2v) is 14.5. The molecule has 0 unspecified atom stereocenters. The molecule has 0 aliphatic carbocycles. The van der Waals surface area contributed by atoms with Gasteiger partial charge >= 0.3 is 0 Å². The molecule has 0 spiro atoms. The average molecular weight is 746 g/mol. The SMILES string of the molecule is C=C/C=C\c1c(C)cccc1N(c1ccc(-c2ccccc2)cc1)c1ccc(-c2ccc(-n3/c(=c4/c(=C)ccn4-c4ccccc4)c(=C)c4ccccc43)cc2)cc1. The second-order valence-electron chi connectivity index (χ2n) is 14.5. The third kappa shape index (κ3) is 6.59. The summed E-state index contributed by atoms with van der Waals surface area (Å²) in [6.07, 6.45) is 8.08. The zero-order valence-corrected chi connectivity index (χ0v) is 32.6. The van der Waals surface area contributed by atoms with Crippen molar-refractivity contribution >= 4 is 47.2 Å². The van der Waals surface area contributed by atoms with Gasteiger partial charge in [0.1, 0.15) is 0 Å². The number of allylic oxidation sites excluding steroid dienone is 2. The molecule has 7 aromatic carbocycles. The number of aromatic nitrogens is 2. The Hall–Kier alpha value is -7.62. The predicted molar refractivity (Wildman–Crippen MR) is 247 cm³/mol. The molecule has 0 N–H and O–H groups in total. The van der Waals surface area contributed by atoms with Crippen LogP contribution >= 0.6 is 0 Å². The van der Waals surface area contributed by atoms with Crippen LogP contribution in [0.25, 0.3) is 63.8 Å². The van der Waals surface area contributed by atoms with Gasteiger partial charge in [-0.1, -0.05) is 153 Å². The van der Waals surface area contributed by atoms with Gasteiger partial charge in [0.15, 0.2) is 0 Å². The van der Waals surface area contributed by atoms with Crippen LogP contribution in [0.4, 0.5) is 17.1 Å². The fourth-order valence-electron chi connectivity index (χ4n) is 8.07. The average Bonchev–Trinajstić information content (AvgIpc) is 3.80. The van der Waals surface area contributed by atoms with Crippen molar-refractivity contribution in [2.45, 2.75) is 6.92 Å². The molecule has 278 valence electrons. The lowest BCUT2D eigenvalue weighted by Gasteiger charge is -2.28. The summed E-state index contributed by atoms with van der Waals surface area (Å²) in [7, 11) is 0. The molecule has 0 radical (unpaired) electrons. The van der Waals surface area contributed by atoms with Gasteiger partial charge in [-0.3, -0.25) is 0 Å². The molecule has 0 atom stereocenters. The van der Waals surface area contributed by atoms with Crippen LogP contribution in [-0.2, 0) is 0 Å². The number of para-hydroxylation sites is 2. The fourth-order valence-corrected chi connectivity index (χ4v) is 8.07. The van der Waals surface area contributed by atoms with Gasteiger partial charge in [0, 0.05) is 45.1 Å². The summed E-state index contributed by atoms with van der Waals surface area (Å²) in [6.45, 7) is 15.2. The van der Waals surface area contributed by atoms with Gasteiger partial charge in [-0.15, -0.1) is 0 Å². The van der Waals surface area contributed by atoms with Crippen LogP contribution in [0.3, 0.4) is 0 Å². The van der Waals surface area contributed by atoms with E-state index in [0.717, 1.165) is 77.2 Å². The minimum atomic E-state index is 0.949. The maximum atomic E-state index is 4.63. The van der Waals surface area contributed by atoms with Gasteiger partial charge in [0.2, 0.25) is 0 Å². The van der Waals surface area contributed by atoms with Crippen LogP contribution in [0, 0.1) is 17.6 Å². The molecule has 9 aromatic rings. The second kappa shape index (κ2) is 15.5. The summed E-state index contributed by atoms with van der Waals surface area (Å²) in [5.74, 6) is 0. The number of hydrogen-bond donors (Lipinski definition) is 0. The zero-order valence-electron chi connectivity index (χ0n) is 32.6. The van der Waals surface area contributed by atoms with Gasteiger partial charge in [-0.25, -0.2) is 0 Å². The molecular formula is C55H43N3. The summed E-state index contributed by atoms with van der Waals surface area (Å²) in [5, 5.41) is 5.11. The molecule has 0 amide bonds. The molecule has 58 heavy (non-hydrogen) atoms. The molecule has 2 aromatic heterocycles. The molecule has 0 bridgehead atoms. The maximum Gasteiger partial charge on any atom is 0.0782 e. The Bertz CT molecular complexity index is 3130. The number of aryl methyl sites for hydroxylation is 1. The van der Waals surface area contributed by atoms with Crippen LogP contribution in [0.5, 0.6) is 0 Å². The van der Waals surface area contributed by atoms with E-state index in [4.69, 9.17) is 0 Å². The van der Waals surface area contributed by atoms with Crippen LogP contribution in [0.15, 0.2) is 207 Å². The number of fused-ring (bicyclic) bond motifs is 1. The van der Waals surface area contributed by atoms with Crippen LogP contribution in [0.1, 0.15) is 11.1 Å². The highest BCUT2D eigenvalue weighted by molar-refractivity contribution is 5.86. The van der Waals surface area contributed by atoms with E-state index >= 15 is 0 Å². The number of rotatable bonds is 9. The Balaban J connectivity index is 1.13. The first-order valence-corrected chi connectivity index (χ1v) is 19.6. The Morgan fingerprint density at radius 3 is 1.72 bits per heavy atom. The van der Waals surface area contributed by atoms with Crippen LogP contribution < -0.4 is 15.3 Å². The highest BCUT2D eigenvalue weighted by atomic mass is 15.1. The van der Waals surface area contributed by atoms with E-state index in [1.807, 2.05) is 18.2 Å². The van der Waals surface area contributed by atoms with Gasteiger partial charge in [-0.05, 0) is 107 Å². The Morgan fingerprint density at radius 2 is 1.09 bits per heavy atom. The monoisotopic (exact) mass is 745 g/mol. The minimum absolute atomic E-state index is 0.949. The molecule has 9 rings (SSSR count). The number of hydrogen-bond acceptors (Lipinski definition) is 1. The first-order valence-electron chi connectivity index (χ1n) is 19.6. The molecule has 0 saturated carbocycles. The standard InChI is InChI=1S/C55H43N3/c1-5-6-21-50-39(2)16-15-24-52(50)57(47-31-25-43(26-32-47)42-17-9-7-10-18-42)48-33-27-44(28-34-48)45-29-35-49(36-30-45)58-53-23-14-13-22-51(53)41(4)55(58)54-40(3)37-38-56(54)46-19-11-8-12-20-46/h5-38H,1,3-4H2,2H3/b21-6-,55-54-. The normalized spacial score (nSPS) is 11.9. The lowest BCUT2D eigenvalue weighted by molar-refractivity contribution is 0.970. The van der Waals surface area contributed by atoms with E-state index in [9.17, 15) is 0 Å². The van der Waals surface area contributed by atoms with Crippen molar-refractivity contribution < 1.29 is 0 Å². The van der Waals surface area contributed by atoms with Crippen molar-refractivity contribution in [2.24, 2.45) is 0 Å². The molecule has 3 heteroatoms. The third-order valence-electron chi connectivity index (χ3n) is 11.0. The van der Waals surface area contributed by atoms with Crippen molar-refractivity contribution in [2.75, 3.05) is 4.90 Å². The van der Waals surface area contributed by atoms with Crippen molar-refractivity contribution in [1.82, 2.24) is 9.13 Å². The first kappa shape index (κ1) is 36.0. The van der Waals surface area contributed by atoms with E-state index in [0.29, 0.717) is 0 Å². The zero-order chi connectivity index (χ0) is 39.6. The number of nitrogens with zero attached hydrogens (tertiary/aromatic N) is 3. The molecular weight excluding hydrogens is 703 g/mol. The van der Waals surface area contributed by atoms with Crippen molar-refractivity contribution in [3.05, 3.63) is 239 Å². The van der Waals surface area contributed by atoms with Gasteiger partial charge in [-0.2, -0.15) is 0 Å². The summed E-state index contributed by atoms with van der Waals surface area (Å²) in [6, 6.07) is 64.6. The van der Waals surface area contributed by atoms with E-state index < -0.39 is 0 Å². The Labute approximate surface area is 339 Å². The van der Waals surface area contributed by atoms with E-state index in [1.54, 1.807) is 0 Å². The van der Waals surface area contributed by atoms with E-state index in [1.165, 1.54) is 16.7 Å². The highest BCUT2D eigenvalue weighted by Gasteiger charge is 2.17. The maximum absolute atomic E-state index is 4.63. The van der Waals surface area contributed by atoms with Crippen molar-refractivity contribution in [3.63, 3.8) is 0 Å². The third-order valence-corrected chi connectivity index (χ3v) is 11.0. The molecule has 0 fully saturated rings. The highest BCUT2D eigenvalue weighted by Crippen LogP contribution is 2.40. The largest absolute Gasteiger partial charge is 0.315 e. The van der Waals surface area contributed by atoms with Crippen molar-refractivity contribution in [3.8, 4) is 33.6 Å². The van der Waals surface area contributed by atoms with Crippen LogP contribution in [-0.4, -0.2) is 9.13 Å². The fraction of sp³-hybridized carbons (Fsp3) is 0.0182. The summed E-state index contributed by atoms with van der Waals surface area (Å²) in [4.78, 5) is 2.34. The summed E-state index contributed by atoms with van der Waals surface area (Å²) in [5.41, 5.74) is 13.5. The van der Waals surface area contributed by atoms with Crippen LogP contribution in [0.2, 0.25) is 0 Å². The Morgan fingerprint density at radius 1 is 0.517 bits per heavy atom. The first-order chi connectivity index (χ1) is 28.5. The lowest BCUT2D eigenvalue weighted by atomic mass is 10.0. The molecule has 3 nitrogen and oxygen atoms in total. The summed E-state index contributed by atoms with van der Waals surface area (Å²) < 4.78 is 4.54. The summed E-state index contributed by atoms with van der Waals surface area (Å²) >= 11 is 0. The predicted octanol–water partition coefficient (Wildman–Crippen LogP) is 12.8. The number of benzene rings is 7. The topological polar surface area (TPSA) is 13.1 Å². The molecule has 2 heterocycles. The molecule has 0 saturated heterocycles. The quantitative estimate of drug-likeness (QED) is 0.134. The van der Waals surface area contributed by atoms with Crippen molar-refractivity contribution in [1.29, 1.82) is 0 Å². The van der Waals surface area contributed by atoms with E-state index in [2.05, 4.69) is 229 Å². The molecule has 0 aliphatic rings. The molecule has 0 aliphatic heterocycles.